The van der Waals surface area contributed by atoms with Gasteiger partial charge in [0.25, 0.3) is 0 Å². The van der Waals surface area contributed by atoms with Crippen molar-refractivity contribution in [3.05, 3.63) is 41.3 Å². The van der Waals surface area contributed by atoms with Gasteiger partial charge in [-0.05, 0) is 37.5 Å². The molecule has 0 saturated heterocycles. The molecular weight excluding hydrogens is 342 g/mol. The van der Waals surface area contributed by atoms with Crippen LogP contribution in [0.1, 0.15) is 43.2 Å². The van der Waals surface area contributed by atoms with E-state index in [2.05, 4.69) is 29.0 Å². The summed E-state index contributed by atoms with van der Waals surface area (Å²) in [6, 6.07) is 7.59. The number of rotatable bonds is 7. The number of hydrogen-bond acceptors (Lipinski definition) is 5. The predicted octanol–water partition coefficient (Wildman–Crippen LogP) is 2.72. The molecule has 2 aromatic rings. The summed E-state index contributed by atoms with van der Waals surface area (Å²) in [7, 11) is -3.75. The Morgan fingerprint density at radius 2 is 1.84 bits per heavy atom. The molecule has 0 saturated carbocycles. The van der Waals surface area contributed by atoms with Crippen LogP contribution in [0.2, 0.25) is 0 Å². The lowest BCUT2D eigenvalue weighted by Crippen LogP contribution is -2.28. The van der Waals surface area contributed by atoms with E-state index < -0.39 is 10.0 Å². The summed E-state index contributed by atoms with van der Waals surface area (Å²) in [5.41, 5.74) is 2.16. The van der Waals surface area contributed by atoms with E-state index in [9.17, 15) is 13.2 Å². The van der Waals surface area contributed by atoms with Gasteiger partial charge in [0.2, 0.25) is 15.9 Å². The molecule has 2 rings (SSSR count). The van der Waals surface area contributed by atoms with Crippen molar-refractivity contribution in [1.29, 1.82) is 0 Å². The van der Waals surface area contributed by atoms with Crippen LogP contribution in [0.5, 0.6) is 0 Å². The first kappa shape index (κ1) is 19.1. The first-order valence-electron chi connectivity index (χ1n) is 8.03. The summed E-state index contributed by atoms with van der Waals surface area (Å²) in [5.74, 6) is 0.377. The maximum atomic E-state index is 12.2. The number of carbonyl (C=O) groups is 1. The molecule has 1 heterocycles. The van der Waals surface area contributed by atoms with Gasteiger partial charge < -0.3 is 9.84 Å². The zero-order valence-corrected chi connectivity index (χ0v) is 15.6. The second-order valence-electron chi connectivity index (χ2n) is 6.13. The number of aryl methyl sites for hydroxylation is 2. The van der Waals surface area contributed by atoms with Gasteiger partial charge in [-0.2, -0.15) is 0 Å². The predicted molar refractivity (Wildman–Crippen MR) is 94.9 cm³/mol. The van der Waals surface area contributed by atoms with Crippen molar-refractivity contribution in [1.82, 2.24) is 9.88 Å². The molecule has 7 nitrogen and oxygen atoms in total. The Bertz CT molecular complexity index is 820. The van der Waals surface area contributed by atoms with Crippen LogP contribution in [0, 0.1) is 13.8 Å². The molecule has 0 fully saturated rings. The summed E-state index contributed by atoms with van der Waals surface area (Å²) in [6.07, 6.45) is 0.0224. The lowest BCUT2D eigenvalue weighted by Gasteiger charge is -2.09. The highest BCUT2D eigenvalue weighted by Gasteiger charge is 2.23. The SMILES string of the molecule is Cc1noc(C)c1S(=O)(=O)NCCC(=O)Nc1ccc(C(C)C)cc1. The fourth-order valence-corrected chi connectivity index (χ4v) is 3.76. The molecule has 0 atom stereocenters. The molecule has 8 heteroatoms. The molecule has 1 amide bonds. The number of aromatic nitrogens is 1. The summed E-state index contributed by atoms with van der Waals surface area (Å²) in [4.78, 5) is 12.0. The monoisotopic (exact) mass is 365 g/mol. The lowest BCUT2D eigenvalue weighted by atomic mass is 10.0. The molecular formula is C17H23N3O4S. The zero-order chi connectivity index (χ0) is 18.6. The third-order valence-corrected chi connectivity index (χ3v) is 5.45. The first-order chi connectivity index (χ1) is 11.7. The standard InChI is InChI=1S/C17H23N3O4S/c1-11(2)14-5-7-15(8-6-14)19-16(21)9-10-18-25(22,23)17-12(3)20-24-13(17)4/h5-8,11,18H,9-10H2,1-4H3,(H,19,21). The lowest BCUT2D eigenvalue weighted by molar-refractivity contribution is -0.116. The van der Waals surface area contributed by atoms with Gasteiger partial charge in [0, 0.05) is 18.7 Å². The van der Waals surface area contributed by atoms with Gasteiger partial charge in [-0.3, -0.25) is 4.79 Å². The normalized spacial score (nSPS) is 11.7. The Balaban J connectivity index is 1.88. The van der Waals surface area contributed by atoms with Crippen molar-refractivity contribution >= 4 is 21.6 Å². The van der Waals surface area contributed by atoms with Crippen LogP contribution >= 0.6 is 0 Å². The average molecular weight is 365 g/mol. The molecule has 0 aliphatic heterocycles. The number of amides is 1. The van der Waals surface area contributed by atoms with Crippen LogP contribution in [0.3, 0.4) is 0 Å². The number of benzene rings is 1. The summed E-state index contributed by atoms with van der Waals surface area (Å²) in [6.45, 7) is 7.26. The van der Waals surface area contributed by atoms with Gasteiger partial charge in [-0.1, -0.05) is 31.1 Å². The maximum Gasteiger partial charge on any atom is 0.245 e. The number of hydrogen-bond donors (Lipinski definition) is 2. The molecule has 1 aromatic carbocycles. The van der Waals surface area contributed by atoms with Crippen LogP contribution in [-0.2, 0) is 14.8 Å². The minimum atomic E-state index is -3.75. The number of sulfonamides is 1. The van der Waals surface area contributed by atoms with Gasteiger partial charge in [0.1, 0.15) is 10.6 Å². The molecule has 1 aromatic heterocycles. The van der Waals surface area contributed by atoms with E-state index in [4.69, 9.17) is 4.52 Å². The van der Waals surface area contributed by atoms with Crippen molar-refractivity contribution in [2.75, 3.05) is 11.9 Å². The molecule has 0 aliphatic rings. The summed E-state index contributed by atoms with van der Waals surface area (Å²) in [5, 5.41) is 6.37. The smallest absolute Gasteiger partial charge is 0.245 e. The van der Waals surface area contributed by atoms with Crippen molar-refractivity contribution in [2.45, 2.75) is 44.9 Å². The Labute approximate surface area is 147 Å². The van der Waals surface area contributed by atoms with Crippen LogP contribution in [-0.4, -0.2) is 26.0 Å². The fraction of sp³-hybridized carbons (Fsp3) is 0.412. The molecule has 0 radical (unpaired) electrons. The Morgan fingerprint density at radius 3 is 2.36 bits per heavy atom. The highest BCUT2D eigenvalue weighted by Crippen LogP contribution is 2.19. The van der Waals surface area contributed by atoms with Gasteiger partial charge in [-0.25, -0.2) is 13.1 Å². The maximum absolute atomic E-state index is 12.2. The van der Waals surface area contributed by atoms with E-state index in [0.29, 0.717) is 17.3 Å². The van der Waals surface area contributed by atoms with Gasteiger partial charge >= 0.3 is 0 Å². The van der Waals surface area contributed by atoms with E-state index in [1.165, 1.54) is 12.5 Å². The highest BCUT2D eigenvalue weighted by atomic mass is 32.2. The van der Waals surface area contributed by atoms with E-state index in [1.807, 2.05) is 24.3 Å². The van der Waals surface area contributed by atoms with Crippen LogP contribution in [0.4, 0.5) is 5.69 Å². The number of anilines is 1. The Morgan fingerprint density at radius 1 is 1.20 bits per heavy atom. The third-order valence-electron chi connectivity index (χ3n) is 3.74. The Kier molecular flexibility index (Phi) is 5.97. The van der Waals surface area contributed by atoms with Gasteiger partial charge in [0.05, 0.1) is 0 Å². The highest BCUT2D eigenvalue weighted by molar-refractivity contribution is 7.89. The second-order valence-corrected chi connectivity index (χ2v) is 7.83. The second kappa shape index (κ2) is 7.79. The largest absolute Gasteiger partial charge is 0.360 e. The van der Waals surface area contributed by atoms with Crippen molar-refractivity contribution in [2.24, 2.45) is 0 Å². The number of carbonyl (C=O) groups excluding carboxylic acids is 1. The molecule has 0 bridgehead atoms. The minimum Gasteiger partial charge on any atom is -0.360 e. The van der Waals surface area contributed by atoms with Gasteiger partial charge in [-0.15, -0.1) is 0 Å². The van der Waals surface area contributed by atoms with E-state index in [0.717, 1.165) is 0 Å². The molecule has 0 unspecified atom stereocenters. The topological polar surface area (TPSA) is 101 Å². The minimum absolute atomic E-state index is 0.0116. The molecule has 0 aliphatic carbocycles. The fourth-order valence-electron chi connectivity index (χ4n) is 2.40. The zero-order valence-electron chi connectivity index (χ0n) is 14.8. The van der Waals surface area contributed by atoms with Crippen molar-refractivity contribution < 1.29 is 17.7 Å². The summed E-state index contributed by atoms with van der Waals surface area (Å²) < 4.78 is 31.7. The van der Waals surface area contributed by atoms with Crippen molar-refractivity contribution in [3.63, 3.8) is 0 Å². The molecule has 136 valence electrons. The quantitative estimate of drug-likeness (QED) is 0.785. The third kappa shape index (κ3) is 4.90. The average Bonchev–Trinajstić information content (AvgIpc) is 2.87. The molecule has 2 N–H and O–H groups in total. The van der Waals surface area contributed by atoms with Crippen molar-refractivity contribution in [3.8, 4) is 0 Å². The van der Waals surface area contributed by atoms with Crippen LogP contribution < -0.4 is 10.0 Å². The van der Waals surface area contributed by atoms with E-state index in [1.54, 1.807) is 6.92 Å². The van der Waals surface area contributed by atoms with Crippen LogP contribution in [0.25, 0.3) is 0 Å². The summed E-state index contributed by atoms with van der Waals surface area (Å²) >= 11 is 0. The molecule has 25 heavy (non-hydrogen) atoms. The van der Waals surface area contributed by atoms with Crippen LogP contribution in [0.15, 0.2) is 33.7 Å². The van der Waals surface area contributed by atoms with Gasteiger partial charge in [0.15, 0.2) is 5.76 Å². The first-order valence-corrected chi connectivity index (χ1v) is 9.51. The molecule has 0 spiro atoms. The van der Waals surface area contributed by atoms with E-state index in [-0.39, 0.29) is 29.5 Å². The number of nitrogens with one attached hydrogen (secondary N) is 2. The Hall–Kier alpha value is -2.19. The van der Waals surface area contributed by atoms with E-state index >= 15 is 0 Å². The number of nitrogens with zero attached hydrogens (tertiary/aromatic N) is 1.